The van der Waals surface area contributed by atoms with Gasteiger partial charge in [-0.2, -0.15) is 5.10 Å². The first kappa shape index (κ1) is 16.3. The fourth-order valence-corrected chi connectivity index (χ4v) is 2.46. The van der Waals surface area contributed by atoms with Gasteiger partial charge < -0.3 is 9.63 Å². The smallest absolute Gasteiger partial charge is 0.325 e. The Morgan fingerprint density at radius 2 is 2.04 bits per heavy atom. The van der Waals surface area contributed by atoms with E-state index in [2.05, 4.69) is 10.3 Å². The van der Waals surface area contributed by atoms with E-state index in [0.29, 0.717) is 17.0 Å². The van der Waals surface area contributed by atoms with Gasteiger partial charge in [0.15, 0.2) is 5.58 Å². The monoisotopic (exact) mass is 344 g/mol. The number of benzene rings is 1. The number of carboxylic acid groups (broad SMARTS) is 1. The maximum absolute atomic E-state index is 12.3. The van der Waals surface area contributed by atoms with Gasteiger partial charge in [-0.3, -0.25) is 19.7 Å². The number of carbonyl (C=O) groups is 1. The second-order valence-electron chi connectivity index (χ2n) is 5.38. The number of carboxylic acids is 1. The van der Waals surface area contributed by atoms with Crippen molar-refractivity contribution in [3.63, 3.8) is 0 Å². The van der Waals surface area contributed by atoms with Crippen LogP contribution in [0.15, 0.2) is 33.6 Å². The normalized spacial score (nSPS) is 10.9. The molecule has 2 aromatic heterocycles. The molecule has 128 valence electrons. The SMILES string of the molecule is Cc1noc2c(Cc3ccc([N+](=O)[O-])cc3)nn(CC(=O)O)c(=O)c12. The van der Waals surface area contributed by atoms with E-state index in [1.807, 2.05) is 0 Å². The minimum absolute atomic E-state index is 0.0480. The molecule has 2 heterocycles. The molecule has 10 nitrogen and oxygen atoms in total. The van der Waals surface area contributed by atoms with Gasteiger partial charge in [0.1, 0.15) is 17.6 Å². The fourth-order valence-electron chi connectivity index (χ4n) is 2.46. The summed E-state index contributed by atoms with van der Waals surface area (Å²) in [4.78, 5) is 33.5. The number of rotatable bonds is 5. The molecule has 0 saturated carbocycles. The van der Waals surface area contributed by atoms with Crippen molar-refractivity contribution >= 4 is 22.6 Å². The number of aryl methyl sites for hydroxylation is 1. The molecule has 10 heteroatoms. The lowest BCUT2D eigenvalue weighted by atomic mass is 10.1. The van der Waals surface area contributed by atoms with Crippen LogP contribution in [0.3, 0.4) is 0 Å². The van der Waals surface area contributed by atoms with Gasteiger partial charge in [0.25, 0.3) is 11.2 Å². The van der Waals surface area contributed by atoms with Crippen molar-refractivity contribution in [2.75, 3.05) is 0 Å². The molecule has 3 rings (SSSR count). The topological polar surface area (TPSA) is 141 Å². The molecule has 0 unspecified atom stereocenters. The van der Waals surface area contributed by atoms with Crippen LogP contribution in [0, 0.1) is 17.0 Å². The van der Waals surface area contributed by atoms with Crippen molar-refractivity contribution < 1.29 is 19.3 Å². The summed E-state index contributed by atoms with van der Waals surface area (Å²) in [5.74, 6) is -1.20. The predicted molar refractivity (Wildman–Crippen MR) is 84.3 cm³/mol. The second-order valence-corrected chi connectivity index (χ2v) is 5.38. The lowest BCUT2D eigenvalue weighted by Crippen LogP contribution is -2.28. The minimum atomic E-state index is -1.20. The Balaban J connectivity index is 2.08. The molecule has 1 N–H and O–H groups in total. The summed E-state index contributed by atoms with van der Waals surface area (Å²) in [5.41, 5.74) is 0.894. The third-order valence-corrected chi connectivity index (χ3v) is 3.62. The van der Waals surface area contributed by atoms with Crippen LogP contribution in [-0.2, 0) is 17.8 Å². The van der Waals surface area contributed by atoms with Gasteiger partial charge in [-0.25, -0.2) is 4.68 Å². The van der Waals surface area contributed by atoms with E-state index in [-0.39, 0.29) is 23.1 Å². The molecule has 1 aromatic carbocycles. The molecule has 0 saturated heterocycles. The highest BCUT2D eigenvalue weighted by Gasteiger charge is 2.19. The number of aromatic nitrogens is 3. The van der Waals surface area contributed by atoms with Crippen LogP contribution in [0.4, 0.5) is 5.69 Å². The molecule has 3 aromatic rings. The third-order valence-electron chi connectivity index (χ3n) is 3.62. The number of non-ortho nitro benzene ring substituents is 1. The van der Waals surface area contributed by atoms with Gasteiger partial charge in [0, 0.05) is 18.6 Å². The highest BCUT2D eigenvalue weighted by atomic mass is 16.6. The molecule has 0 bridgehead atoms. The van der Waals surface area contributed by atoms with Crippen LogP contribution in [0.2, 0.25) is 0 Å². The summed E-state index contributed by atoms with van der Waals surface area (Å²) in [7, 11) is 0. The zero-order chi connectivity index (χ0) is 18.1. The fraction of sp³-hybridized carbons (Fsp3) is 0.200. The highest BCUT2D eigenvalue weighted by Crippen LogP contribution is 2.20. The number of aliphatic carboxylic acids is 1. The zero-order valence-corrected chi connectivity index (χ0v) is 13.0. The Morgan fingerprint density at radius 3 is 2.64 bits per heavy atom. The van der Waals surface area contributed by atoms with E-state index >= 15 is 0 Å². The number of hydrogen-bond acceptors (Lipinski definition) is 7. The Labute approximate surface area is 139 Å². The average molecular weight is 344 g/mol. The molecule has 0 radical (unpaired) electrons. The largest absolute Gasteiger partial charge is 0.480 e. The quantitative estimate of drug-likeness (QED) is 0.539. The zero-order valence-electron chi connectivity index (χ0n) is 13.0. The summed E-state index contributed by atoms with van der Waals surface area (Å²) in [5, 5.41) is 27.6. The molecule has 0 aliphatic carbocycles. The molecule has 0 spiro atoms. The second kappa shape index (κ2) is 6.15. The molecular formula is C15H12N4O6. The van der Waals surface area contributed by atoms with Crippen LogP contribution in [0.1, 0.15) is 17.0 Å². The molecule has 0 aliphatic rings. The van der Waals surface area contributed by atoms with Crippen molar-refractivity contribution in [3.05, 3.63) is 61.7 Å². The van der Waals surface area contributed by atoms with Crippen LogP contribution >= 0.6 is 0 Å². The van der Waals surface area contributed by atoms with E-state index in [1.54, 1.807) is 19.1 Å². The summed E-state index contributed by atoms with van der Waals surface area (Å²) in [6.45, 7) is 0.987. The van der Waals surface area contributed by atoms with E-state index in [1.165, 1.54) is 12.1 Å². The number of nitro benzene ring substituents is 1. The first-order valence-corrected chi connectivity index (χ1v) is 7.18. The van der Waals surface area contributed by atoms with E-state index in [9.17, 15) is 19.7 Å². The Morgan fingerprint density at radius 1 is 1.36 bits per heavy atom. The molecule has 0 amide bonds. The highest BCUT2D eigenvalue weighted by molar-refractivity contribution is 5.80. The van der Waals surface area contributed by atoms with Crippen molar-refractivity contribution in [1.82, 2.24) is 14.9 Å². The molecule has 0 aliphatic heterocycles. The summed E-state index contributed by atoms with van der Waals surface area (Å²) < 4.78 is 6.02. The van der Waals surface area contributed by atoms with Crippen LogP contribution < -0.4 is 5.56 Å². The molecular weight excluding hydrogens is 332 g/mol. The van der Waals surface area contributed by atoms with Crippen LogP contribution in [0.25, 0.3) is 11.0 Å². The number of hydrogen-bond donors (Lipinski definition) is 1. The van der Waals surface area contributed by atoms with Crippen molar-refractivity contribution in [2.45, 2.75) is 19.9 Å². The van der Waals surface area contributed by atoms with Gasteiger partial charge in [0.2, 0.25) is 0 Å². The van der Waals surface area contributed by atoms with Gasteiger partial charge in [-0.1, -0.05) is 17.3 Å². The Kier molecular flexibility index (Phi) is 4.01. The van der Waals surface area contributed by atoms with Crippen LogP contribution in [-0.4, -0.2) is 30.9 Å². The van der Waals surface area contributed by atoms with Gasteiger partial charge in [0.05, 0.1) is 10.6 Å². The predicted octanol–water partition coefficient (Wildman–Crippen LogP) is 1.28. The summed E-state index contributed by atoms with van der Waals surface area (Å²) >= 11 is 0. The lowest BCUT2D eigenvalue weighted by molar-refractivity contribution is -0.384. The Hall–Kier alpha value is -3.56. The lowest BCUT2D eigenvalue weighted by Gasteiger charge is -2.06. The first-order chi connectivity index (χ1) is 11.9. The van der Waals surface area contributed by atoms with E-state index in [4.69, 9.17) is 9.63 Å². The summed E-state index contributed by atoms with van der Waals surface area (Å²) in [6, 6.07) is 5.82. The number of nitrogens with zero attached hydrogens (tertiary/aromatic N) is 4. The van der Waals surface area contributed by atoms with Crippen LogP contribution in [0.5, 0.6) is 0 Å². The van der Waals surface area contributed by atoms with Crippen molar-refractivity contribution in [3.8, 4) is 0 Å². The third kappa shape index (κ3) is 3.09. The minimum Gasteiger partial charge on any atom is -0.480 e. The standard InChI is InChI=1S/C15H12N4O6/c1-8-13-14(25-17-8)11(16-18(15(13)22)7-12(20)21)6-9-2-4-10(5-3-9)19(23)24/h2-5H,6-7H2,1H3,(H,20,21). The van der Waals surface area contributed by atoms with E-state index in [0.717, 1.165) is 4.68 Å². The summed E-state index contributed by atoms with van der Waals surface area (Å²) in [6.07, 6.45) is 0.197. The maximum Gasteiger partial charge on any atom is 0.325 e. The van der Waals surface area contributed by atoms with Gasteiger partial charge in [-0.05, 0) is 12.5 Å². The van der Waals surface area contributed by atoms with Gasteiger partial charge in [-0.15, -0.1) is 0 Å². The first-order valence-electron chi connectivity index (χ1n) is 7.18. The molecule has 25 heavy (non-hydrogen) atoms. The van der Waals surface area contributed by atoms with Crippen molar-refractivity contribution in [2.24, 2.45) is 0 Å². The Bertz CT molecular complexity index is 1030. The molecule has 0 fully saturated rings. The molecule has 0 atom stereocenters. The van der Waals surface area contributed by atoms with Crippen molar-refractivity contribution in [1.29, 1.82) is 0 Å². The average Bonchev–Trinajstić information content (AvgIpc) is 2.94. The maximum atomic E-state index is 12.3. The van der Waals surface area contributed by atoms with E-state index < -0.39 is 23.0 Å². The number of fused-ring (bicyclic) bond motifs is 1. The van der Waals surface area contributed by atoms with Gasteiger partial charge >= 0.3 is 5.97 Å². The number of nitro groups is 1.